The van der Waals surface area contributed by atoms with Crippen LogP contribution in [0.25, 0.3) is 11.0 Å². The molecular formula is C13H18N4. The molecule has 1 aromatic carbocycles. The molecule has 90 valence electrons. The van der Waals surface area contributed by atoms with Crippen LogP contribution in [-0.4, -0.2) is 35.6 Å². The molecule has 1 saturated heterocycles. The summed E-state index contributed by atoms with van der Waals surface area (Å²) in [4.78, 5) is 7.92. The number of nitrogens with one attached hydrogen (secondary N) is 3. The third-order valence-electron chi connectivity index (χ3n) is 3.29. The summed E-state index contributed by atoms with van der Waals surface area (Å²) in [5, 5.41) is 6.91. The second-order valence-electron chi connectivity index (χ2n) is 4.59. The smallest absolute Gasteiger partial charge is 0.108 e. The maximum absolute atomic E-state index is 4.57. The number of nitrogens with zero attached hydrogens (tertiary/aromatic N) is 1. The Morgan fingerprint density at radius 2 is 2.29 bits per heavy atom. The molecule has 3 rings (SSSR count). The number of fused-ring (bicyclic) bond motifs is 1. The van der Waals surface area contributed by atoms with Gasteiger partial charge in [-0.2, -0.15) is 0 Å². The van der Waals surface area contributed by atoms with Gasteiger partial charge >= 0.3 is 0 Å². The summed E-state index contributed by atoms with van der Waals surface area (Å²) in [7, 11) is 0. The molecule has 1 atom stereocenters. The van der Waals surface area contributed by atoms with Crippen LogP contribution < -0.4 is 10.6 Å². The van der Waals surface area contributed by atoms with E-state index < -0.39 is 0 Å². The molecule has 0 aliphatic carbocycles. The van der Waals surface area contributed by atoms with Crippen LogP contribution in [-0.2, 0) is 6.42 Å². The third-order valence-corrected chi connectivity index (χ3v) is 3.29. The quantitative estimate of drug-likeness (QED) is 0.736. The average molecular weight is 230 g/mol. The zero-order valence-electron chi connectivity index (χ0n) is 9.87. The Hall–Kier alpha value is -1.39. The lowest BCUT2D eigenvalue weighted by molar-refractivity contribution is 0.546. The first-order chi connectivity index (χ1) is 8.42. The van der Waals surface area contributed by atoms with Gasteiger partial charge in [0.2, 0.25) is 0 Å². The van der Waals surface area contributed by atoms with Crippen molar-refractivity contribution >= 4 is 11.0 Å². The summed E-state index contributed by atoms with van der Waals surface area (Å²) in [6, 6.07) is 8.81. The van der Waals surface area contributed by atoms with E-state index in [9.17, 15) is 0 Å². The second kappa shape index (κ2) is 4.85. The highest BCUT2D eigenvalue weighted by Crippen LogP contribution is 2.10. The molecule has 2 heterocycles. The van der Waals surface area contributed by atoms with Gasteiger partial charge in [-0.3, -0.25) is 0 Å². The van der Waals surface area contributed by atoms with Gasteiger partial charge in [0.25, 0.3) is 0 Å². The summed E-state index contributed by atoms with van der Waals surface area (Å²) in [6.45, 7) is 3.23. The van der Waals surface area contributed by atoms with E-state index >= 15 is 0 Å². The normalized spacial score (nSPS) is 20.1. The van der Waals surface area contributed by atoms with E-state index in [2.05, 4.69) is 26.7 Å². The van der Waals surface area contributed by atoms with E-state index in [-0.39, 0.29) is 0 Å². The van der Waals surface area contributed by atoms with Crippen LogP contribution in [0, 0.1) is 0 Å². The molecular weight excluding hydrogens is 212 g/mol. The molecule has 0 saturated carbocycles. The predicted molar refractivity (Wildman–Crippen MR) is 69.1 cm³/mol. The fourth-order valence-electron chi connectivity index (χ4n) is 2.35. The van der Waals surface area contributed by atoms with E-state index in [0.29, 0.717) is 6.04 Å². The molecule has 4 heteroatoms. The summed E-state index contributed by atoms with van der Waals surface area (Å²) in [6.07, 6.45) is 2.20. The Balaban J connectivity index is 1.57. The fourth-order valence-corrected chi connectivity index (χ4v) is 2.35. The molecule has 1 aliphatic heterocycles. The second-order valence-corrected chi connectivity index (χ2v) is 4.59. The van der Waals surface area contributed by atoms with Crippen molar-refractivity contribution in [3.63, 3.8) is 0 Å². The Bertz CT molecular complexity index is 452. The van der Waals surface area contributed by atoms with E-state index in [1.165, 1.54) is 6.42 Å². The molecule has 2 aromatic rings. The highest BCUT2D eigenvalue weighted by atomic mass is 15.0. The topological polar surface area (TPSA) is 52.7 Å². The largest absolute Gasteiger partial charge is 0.342 e. The van der Waals surface area contributed by atoms with Crippen LogP contribution in [0.4, 0.5) is 0 Å². The van der Waals surface area contributed by atoms with Crippen LogP contribution >= 0.6 is 0 Å². The first kappa shape index (κ1) is 10.7. The lowest BCUT2D eigenvalue weighted by Gasteiger charge is -2.09. The third kappa shape index (κ3) is 2.48. The monoisotopic (exact) mass is 230 g/mol. The Morgan fingerprint density at radius 3 is 3.12 bits per heavy atom. The number of para-hydroxylation sites is 2. The Morgan fingerprint density at radius 1 is 1.35 bits per heavy atom. The first-order valence-corrected chi connectivity index (χ1v) is 6.29. The fraction of sp³-hybridized carbons (Fsp3) is 0.462. The minimum Gasteiger partial charge on any atom is -0.342 e. The standard InChI is InChI=1S/C13H18N4/c1-2-4-12-11(3-1)16-13(17-12)6-8-15-10-5-7-14-9-10/h1-4,10,14-15H,5-9H2,(H,16,17). The molecule has 0 bridgehead atoms. The lowest BCUT2D eigenvalue weighted by Crippen LogP contribution is -2.32. The molecule has 0 amide bonds. The van der Waals surface area contributed by atoms with Crippen molar-refractivity contribution < 1.29 is 0 Å². The van der Waals surface area contributed by atoms with Gasteiger partial charge in [-0.15, -0.1) is 0 Å². The van der Waals surface area contributed by atoms with Gasteiger partial charge in [0, 0.05) is 25.6 Å². The molecule has 1 aliphatic rings. The van der Waals surface area contributed by atoms with Crippen LogP contribution in [0.1, 0.15) is 12.2 Å². The number of aromatic nitrogens is 2. The maximum atomic E-state index is 4.57. The van der Waals surface area contributed by atoms with Crippen LogP contribution in [0.3, 0.4) is 0 Å². The molecule has 17 heavy (non-hydrogen) atoms. The molecule has 0 spiro atoms. The van der Waals surface area contributed by atoms with Crippen molar-refractivity contribution in [3.8, 4) is 0 Å². The highest BCUT2D eigenvalue weighted by Gasteiger charge is 2.13. The zero-order chi connectivity index (χ0) is 11.5. The zero-order valence-corrected chi connectivity index (χ0v) is 9.87. The van der Waals surface area contributed by atoms with Gasteiger partial charge in [0.05, 0.1) is 11.0 Å². The van der Waals surface area contributed by atoms with Gasteiger partial charge in [0.1, 0.15) is 5.82 Å². The molecule has 1 aromatic heterocycles. The average Bonchev–Trinajstić information content (AvgIpc) is 2.96. The van der Waals surface area contributed by atoms with Crippen molar-refractivity contribution in [3.05, 3.63) is 30.1 Å². The molecule has 1 fully saturated rings. The number of hydrogen-bond donors (Lipinski definition) is 3. The van der Waals surface area contributed by atoms with Gasteiger partial charge in [-0.05, 0) is 25.1 Å². The van der Waals surface area contributed by atoms with Gasteiger partial charge in [-0.25, -0.2) is 4.98 Å². The molecule has 4 nitrogen and oxygen atoms in total. The number of rotatable bonds is 4. The Labute approximate surface area is 101 Å². The minimum absolute atomic E-state index is 0.638. The number of imidazole rings is 1. The van der Waals surface area contributed by atoms with Gasteiger partial charge in [0.15, 0.2) is 0 Å². The first-order valence-electron chi connectivity index (χ1n) is 6.29. The number of benzene rings is 1. The van der Waals surface area contributed by atoms with Crippen molar-refractivity contribution in [1.29, 1.82) is 0 Å². The number of H-pyrrole nitrogens is 1. The molecule has 0 radical (unpaired) electrons. The van der Waals surface area contributed by atoms with Crippen molar-refractivity contribution in [2.45, 2.75) is 18.9 Å². The SMILES string of the molecule is c1ccc2[nH]c(CCNC3CCNC3)nc2c1. The van der Waals surface area contributed by atoms with Gasteiger partial charge in [-0.1, -0.05) is 12.1 Å². The van der Waals surface area contributed by atoms with Crippen molar-refractivity contribution in [1.82, 2.24) is 20.6 Å². The molecule has 3 N–H and O–H groups in total. The maximum Gasteiger partial charge on any atom is 0.108 e. The molecule has 1 unspecified atom stereocenters. The highest BCUT2D eigenvalue weighted by molar-refractivity contribution is 5.74. The minimum atomic E-state index is 0.638. The lowest BCUT2D eigenvalue weighted by atomic mass is 10.2. The van der Waals surface area contributed by atoms with Crippen molar-refractivity contribution in [2.75, 3.05) is 19.6 Å². The number of hydrogen-bond acceptors (Lipinski definition) is 3. The van der Waals surface area contributed by atoms with Crippen LogP contribution in [0.2, 0.25) is 0 Å². The van der Waals surface area contributed by atoms with Crippen molar-refractivity contribution in [2.24, 2.45) is 0 Å². The van der Waals surface area contributed by atoms with E-state index in [0.717, 1.165) is 42.9 Å². The summed E-state index contributed by atoms with van der Waals surface area (Å²) < 4.78 is 0. The summed E-state index contributed by atoms with van der Waals surface area (Å²) in [5.41, 5.74) is 2.19. The van der Waals surface area contributed by atoms with E-state index in [1.54, 1.807) is 0 Å². The van der Waals surface area contributed by atoms with E-state index in [1.807, 2.05) is 18.2 Å². The van der Waals surface area contributed by atoms with Crippen LogP contribution in [0.15, 0.2) is 24.3 Å². The number of aromatic amines is 1. The Kier molecular flexibility index (Phi) is 3.07. The van der Waals surface area contributed by atoms with Gasteiger partial charge < -0.3 is 15.6 Å². The predicted octanol–water partition coefficient (Wildman–Crippen LogP) is 1.06. The van der Waals surface area contributed by atoms with Crippen LogP contribution in [0.5, 0.6) is 0 Å². The summed E-state index contributed by atoms with van der Waals surface area (Å²) in [5.74, 6) is 1.07. The van der Waals surface area contributed by atoms with E-state index in [4.69, 9.17) is 0 Å². The summed E-state index contributed by atoms with van der Waals surface area (Å²) >= 11 is 0.